The van der Waals surface area contributed by atoms with E-state index in [0.29, 0.717) is 0 Å². The second kappa shape index (κ2) is 5.43. The molecule has 0 aliphatic rings. The monoisotopic (exact) mass is 235 g/mol. The number of rotatable bonds is 4. The van der Waals surface area contributed by atoms with Gasteiger partial charge in [0.2, 0.25) is 0 Å². The summed E-state index contributed by atoms with van der Waals surface area (Å²) in [6.45, 7) is 1.75. The standard InChI is InChI=1S/C12H13NO4/c1-7-2-3-8(12(16)17)9(6-7)11(15)10(14)4-5-13/h2-3,6,10-11,14-15H,4H2,1H3,(H,16,17). The molecule has 90 valence electrons. The predicted octanol–water partition coefficient (Wildman–Crippen LogP) is 1.00. The first-order chi connectivity index (χ1) is 7.97. The van der Waals surface area contributed by atoms with Gasteiger partial charge in [0, 0.05) is 0 Å². The summed E-state index contributed by atoms with van der Waals surface area (Å²) in [4.78, 5) is 11.0. The van der Waals surface area contributed by atoms with Gasteiger partial charge >= 0.3 is 5.97 Å². The maximum atomic E-state index is 11.0. The highest BCUT2D eigenvalue weighted by atomic mass is 16.4. The largest absolute Gasteiger partial charge is 0.478 e. The Kier molecular flexibility index (Phi) is 4.21. The van der Waals surface area contributed by atoms with E-state index in [1.165, 1.54) is 12.1 Å². The second-order valence-electron chi connectivity index (χ2n) is 3.77. The van der Waals surface area contributed by atoms with E-state index < -0.39 is 18.2 Å². The Morgan fingerprint density at radius 1 is 1.47 bits per heavy atom. The van der Waals surface area contributed by atoms with Gasteiger partial charge in [0.15, 0.2) is 0 Å². The number of carbonyl (C=O) groups is 1. The molecule has 0 aromatic heterocycles. The van der Waals surface area contributed by atoms with E-state index in [1.54, 1.807) is 19.1 Å². The zero-order valence-corrected chi connectivity index (χ0v) is 9.29. The van der Waals surface area contributed by atoms with Crippen molar-refractivity contribution in [2.24, 2.45) is 0 Å². The third-order valence-electron chi connectivity index (χ3n) is 2.42. The lowest BCUT2D eigenvalue weighted by atomic mass is 9.95. The average Bonchev–Trinajstić information content (AvgIpc) is 2.27. The molecule has 0 heterocycles. The lowest BCUT2D eigenvalue weighted by Crippen LogP contribution is -2.20. The molecule has 5 nitrogen and oxygen atoms in total. The van der Waals surface area contributed by atoms with Crippen molar-refractivity contribution in [1.82, 2.24) is 0 Å². The highest BCUT2D eigenvalue weighted by molar-refractivity contribution is 5.89. The maximum absolute atomic E-state index is 11.0. The smallest absolute Gasteiger partial charge is 0.336 e. The van der Waals surface area contributed by atoms with Gasteiger partial charge in [0.1, 0.15) is 6.10 Å². The normalized spacial score (nSPS) is 13.8. The van der Waals surface area contributed by atoms with Crippen LogP contribution in [0, 0.1) is 18.3 Å². The van der Waals surface area contributed by atoms with Crippen molar-refractivity contribution >= 4 is 5.97 Å². The van der Waals surface area contributed by atoms with Crippen molar-refractivity contribution in [1.29, 1.82) is 5.26 Å². The fourth-order valence-electron chi connectivity index (χ4n) is 1.53. The quantitative estimate of drug-likeness (QED) is 0.722. The summed E-state index contributed by atoms with van der Waals surface area (Å²) in [6.07, 6.45) is -2.92. The van der Waals surface area contributed by atoms with E-state index in [4.69, 9.17) is 10.4 Å². The molecule has 0 aliphatic heterocycles. The van der Waals surface area contributed by atoms with Gasteiger partial charge in [0.25, 0.3) is 0 Å². The molecular weight excluding hydrogens is 222 g/mol. The minimum Gasteiger partial charge on any atom is -0.478 e. The molecule has 0 spiro atoms. The second-order valence-corrected chi connectivity index (χ2v) is 3.77. The Hall–Kier alpha value is -1.90. The number of nitriles is 1. The highest BCUT2D eigenvalue weighted by Crippen LogP contribution is 2.24. The summed E-state index contributed by atoms with van der Waals surface area (Å²) >= 11 is 0. The fraction of sp³-hybridized carbons (Fsp3) is 0.333. The van der Waals surface area contributed by atoms with Crippen LogP contribution in [0.3, 0.4) is 0 Å². The first-order valence-corrected chi connectivity index (χ1v) is 5.04. The molecule has 2 unspecified atom stereocenters. The van der Waals surface area contributed by atoms with E-state index in [9.17, 15) is 15.0 Å². The number of carboxylic acids is 1. The summed E-state index contributed by atoms with van der Waals surface area (Å²) in [7, 11) is 0. The van der Waals surface area contributed by atoms with Gasteiger partial charge in [-0.2, -0.15) is 5.26 Å². The molecule has 0 radical (unpaired) electrons. The highest BCUT2D eigenvalue weighted by Gasteiger charge is 2.23. The minimum absolute atomic E-state index is 0.0694. The van der Waals surface area contributed by atoms with Gasteiger partial charge in [-0.15, -0.1) is 0 Å². The zero-order chi connectivity index (χ0) is 13.0. The van der Waals surface area contributed by atoms with Crippen LogP contribution in [0.1, 0.15) is 34.0 Å². The SMILES string of the molecule is Cc1ccc(C(=O)O)c(C(O)C(O)CC#N)c1. The zero-order valence-electron chi connectivity index (χ0n) is 9.29. The van der Waals surface area contributed by atoms with Gasteiger partial charge < -0.3 is 15.3 Å². The molecule has 2 atom stereocenters. The molecule has 5 heteroatoms. The number of nitrogens with zero attached hydrogens (tertiary/aromatic N) is 1. The van der Waals surface area contributed by atoms with Gasteiger partial charge in [-0.25, -0.2) is 4.79 Å². The average molecular weight is 235 g/mol. The van der Waals surface area contributed by atoms with Crippen molar-refractivity contribution < 1.29 is 20.1 Å². The molecule has 1 aromatic carbocycles. The van der Waals surface area contributed by atoms with Crippen molar-refractivity contribution in [2.75, 3.05) is 0 Å². The van der Waals surface area contributed by atoms with Crippen LogP contribution in [-0.4, -0.2) is 27.4 Å². The lowest BCUT2D eigenvalue weighted by molar-refractivity contribution is 0.0205. The Labute approximate surface area is 98.6 Å². The fourth-order valence-corrected chi connectivity index (χ4v) is 1.53. The number of aliphatic hydroxyl groups excluding tert-OH is 2. The van der Waals surface area contributed by atoms with Gasteiger partial charge in [-0.1, -0.05) is 17.7 Å². The van der Waals surface area contributed by atoms with Crippen LogP contribution in [0.4, 0.5) is 0 Å². The number of carboxylic acid groups (broad SMARTS) is 1. The van der Waals surface area contributed by atoms with Gasteiger partial charge in [-0.3, -0.25) is 0 Å². The molecule has 0 saturated heterocycles. The van der Waals surface area contributed by atoms with E-state index in [-0.39, 0.29) is 17.5 Å². The Morgan fingerprint density at radius 2 is 2.12 bits per heavy atom. The summed E-state index contributed by atoms with van der Waals surface area (Å²) < 4.78 is 0. The summed E-state index contributed by atoms with van der Waals surface area (Å²) in [5.74, 6) is -1.18. The molecule has 0 saturated carbocycles. The number of benzene rings is 1. The maximum Gasteiger partial charge on any atom is 0.336 e. The molecule has 3 N–H and O–H groups in total. The van der Waals surface area contributed by atoms with Crippen LogP contribution in [0.5, 0.6) is 0 Å². The molecule has 0 bridgehead atoms. The Balaban J connectivity index is 3.15. The summed E-state index contributed by atoms with van der Waals surface area (Å²) in [5, 5.41) is 36.7. The number of hydrogen-bond acceptors (Lipinski definition) is 4. The lowest BCUT2D eigenvalue weighted by Gasteiger charge is -2.18. The van der Waals surface area contributed by atoms with Gasteiger partial charge in [-0.05, 0) is 18.6 Å². The Morgan fingerprint density at radius 3 is 2.65 bits per heavy atom. The Bertz CT molecular complexity index is 464. The molecule has 1 rings (SSSR count). The van der Waals surface area contributed by atoms with Crippen LogP contribution < -0.4 is 0 Å². The molecule has 1 aromatic rings. The molecular formula is C12H13NO4. The van der Waals surface area contributed by atoms with Crippen LogP contribution in [0.15, 0.2) is 18.2 Å². The minimum atomic E-state index is -1.37. The van der Waals surface area contributed by atoms with Crippen LogP contribution in [0.25, 0.3) is 0 Å². The predicted molar refractivity (Wildman–Crippen MR) is 59.3 cm³/mol. The van der Waals surface area contributed by atoms with Crippen LogP contribution in [-0.2, 0) is 0 Å². The van der Waals surface area contributed by atoms with Crippen LogP contribution in [0.2, 0.25) is 0 Å². The van der Waals surface area contributed by atoms with Crippen molar-refractivity contribution in [2.45, 2.75) is 25.6 Å². The van der Waals surface area contributed by atoms with E-state index in [1.807, 2.05) is 0 Å². The van der Waals surface area contributed by atoms with Gasteiger partial charge in [0.05, 0.1) is 24.2 Å². The third-order valence-corrected chi connectivity index (χ3v) is 2.42. The third kappa shape index (κ3) is 3.03. The first kappa shape index (κ1) is 13.2. The van der Waals surface area contributed by atoms with Crippen molar-refractivity contribution in [3.05, 3.63) is 34.9 Å². The number of aliphatic hydroxyl groups is 2. The van der Waals surface area contributed by atoms with E-state index >= 15 is 0 Å². The summed E-state index contributed by atoms with van der Waals surface area (Å²) in [5.41, 5.74) is 0.827. The first-order valence-electron chi connectivity index (χ1n) is 5.04. The molecule has 0 aliphatic carbocycles. The number of hydrogen-bond donors (Lipinski definition) is 3. The number of aryl methyl sites for hydroxylation is 1. The molecule has 0 fully saturated rings. The van der Waals surface area contributed by atoms with Crippen molar-refractivity contribution in [3.8, 4) is 6.07 Å². The molecule has 17 heavy (non-hydrogen) atoms. The van der Waals surface area contributed by atoms with E-state index in [2.05, 4.69) is 0 Å². The molecule has 0 amide bonds. The van der Waals surface area contributed by atoms with Crippen LogP contribution >= 0.6 is 0 Å². The number of aromatic carboxylic acids is 1. The summed E-state index contributed by atoms with van der Waals surface area (Å²) in [6, 6.07) is 6.20. The van der Waals surface area contributed by atoms with Crippen molar-refractivity contribution in [3.63, 3.8) is 0 Å². The topological polar surface area (TPSA) is 102 Å². The van der Waals surface area contributed by atoms with E-state index in [0.717, 1.165) is 5.56 Å².